The second-order valence-corrected chi connectivity index (χ2v) is 6.56. The molecule has 0 radical (unpaired) electrons. The Morgan fingerprint density at radius 1 is 1.07 bits per heavy atom. The molecule has 4 rings (SSSR count). The van der Waals surface area contributed by atoms with E-state index in [-0.39, 0.29) is 24.2 Å². The van der Waals surface area contributed by atoms with Crippen LogP contribution < -0.4 is 5.32 Å². The number of rotatable bonds is 5. The fraction of sp³-hybridized carbons (Fsp3) is 0.158. The maximum atomic E-state index is 12.6. The van der Waals surface area contributed by atoms with Crippen molar-refractivity contribution in [2.24, 2.45) is 0 Å². The minimum absolute atomic E-state index is 0.0798. The van der Waals surface area contributed by atoms with Crippen LogP contribution >= 0.6 is 11.6 Å². The fourth-order valence-corrected chi connectivity index (χ4v) is 3.10. The van der Waals surface area contributed by atoms with Gasteiger partial charge in [-0.15, -0.1) is 10.2 Å². The van der Waals surface area contributed by atoms with Crippen molar-refractivity contribution in [2.75, 3.05) is 0 Å². The summed E-state index contributed by atoms with van der Waals surface area (Å²) in [5, 5.41) is 11.1. The van der Waals surface area contributed by atoms with Gasteiger partial charge >= 0.3 is 6.03 Å². The molecule has 7 nitrogen and oxygen atoms in total. The number of nitrogens with one attached hydrogen (secondary N) is 1. The van der Waals surface area contributed by atoms with E-state index >= 15 is 0 Å². The molecule has 1 aliphatic rings. The zero-order valence-electron chi connectivity index (χ0n) is 14.1. The smallest absolute Gasteiger partial charge is 0.325 e. The van der Waals surface area contributed by atoms with E-state index < -0.39 is 12.1 Å². The lowest BCUT2D eigenvalue weighted by Gasteiger charge is -2.10. The minimum Gasteiger partial charge on any atom is -0.419 e. The normalized spacial score (nSPS) is 16.6. The molecule has 0 bridgehead atoms. The summed E-state index contributed by atoms with van der Waals surface area (Å²) in [7, 11) is 0. The predicted molar refractivity (Wildman–Crippen MR) is 97.8 cm³/mol. The standard InChI is InChI=1S/C19H15ClN4O3/c20-14-8-4-7-13(10-14)17-23-22-16(27-17)11-24-18(25)15(21-19(24)26)9-12-5-2-1-3-6-12/h1-8,10,15H,9,11H2,(H,21,26). The third-order valence-corrected chi connectivity index (χ3v) is 4.46. The van der Waals surface area contributed by atoms with Crippen LogP contribution in [0.15, 0.2) is 59.0 Å². The topological polar surface area (TPSA) is 88.3 Å². The van der Waals surface area contributed by atoms with Gasteiger partial charge in [0.05, 0.1) is 0 Å². The summed E-state index contributed by atoms with van der Waals surface area (Å²) in [6.07, 6.45) is 0.430. The third kappa shape index (κ3) is 3.68. The molecular formula is C19H15ClN4O3. The van der Waals surface area contributed by atoms with E-state index in [1.54, 1.807) is 24.3 Å². The number of hydrogen-bond donors (Lipinski definition) is 1. The summed E-state index contributed by atoms with van der Waals surface area (Å²) in [5.74, 6) is 0.139. The highest BCUT2D eigenvalue weighted by Crippen LogP contribution is 2.22. The van der Waals surface area contributed by atoms with Gasteiger partial charge in [-0.1, -0.05) is 48.0 Å². The van der Waals surface area contributed by atoms with Crippen molar-refractivity contribution in [3.8, 4) is 11.5 Å². The maximum absolute atomic E-state index is 12.6. The Morgan fingerprint density at radius 2 is 1.89 bits per heavy atom. The molecule has 2 heterocycles. The molecular weight excluding hydrogens is 368 g/mol. The summed E-state index contributed by atoms with van der Waals surface area (Å²) < 4.78 is 5.58. The van der Waals surface area contributed by atoms with E-state index in [9.17, 15) is 9.59 Å². The number of carbonyl (C=O) groups excluding carboxylic acids is 2. The highest BCUT2D eigenvalue weighted by atomic mass is 35.5. The SMILES string of the molecule is O=C1NC(Cc2ccccc2)C(=O)N1Cc1nnc(-c2cccc(Cl)c2)o1. The summed E-state index contributed by atoms with van der Waals surface area (Å²) in [6, 6.07) is 15.4. The van der Waals surface area contributed by atoms with E-state index in [0.29, 0.717) is 17.0 Å². The molecule has 136 valence electrons. The van der Waals surface area contributed by atoms with E-state index in [0.717, 1.165) is 10.5 Å². The second-order valence-electron chi connectivity index (χ2n) is 6.13. The van der Waals surface area contributed by atoms with Crippen LogP contribution in [0.5, 0.6) is 0 Å². The van der Waals surface area contributed by atoms with Gasteiger partial charge in [0, 0.05) is 17.0 Å². The maximum Gasteiger partial charge on any atom is 0.325 e. The number of carbonyl (C=O) groups is 2. The Morgan fingerprint density at radius 3 is 2.67 bits per heavy atom. The van der Waals surface area contributed by atoms with Crippen LogP contribution in [0.25, 0.3) is 11.5 Å². The van der Waals surface area contributed by atoms with Gasteiger partial charge in [-0.05, 0) is 23.8 Å². The zero-order valence-corrected chi connectivity index (χ0v) is 14.9. The second kappa shape index (κ2) is 7.20. The first-order valence-electron chi connectivity index (χ1n) is 8.34. The summed E-state index contributed by atoms with van der Waals surface area (Å²) in [4.78, 5) is 25.9. The summed E-state index contributed by atoms with van der Waals surface area (Å²) in [6.45, 7) is -0.0798. The molecule has 1 atom stereocenters. The van der Waals surface area contributed by atoms with Crippen molar-refractivity contribution < 1.29 is 14.0 Å². The fourth-order valence-electron chi connectivity index (χ4n) is 2.91. The molecule has 0 saturated carbocycles. The number of amides is 3. The quantitative estimate of drug-likeness (QED) is 0.685. The van der Waals surface area contributed by atoms with Crippen LogP contribution in [-0.4, -0.2) is 33.1 Å². The van der Waals surface area contributed by atoms with E-state index in [2.05, 4.69) is 15.5 Å². The number of halogens is 1. The number of hydrogen-bond acceptors (Lipinski definition) is 5. The highest BCUT2D eigenvalue weighted by Gasteiger charge is 2.38. The third-order valence-electron chi connectivity index (χ3n) is 4.22. The lowest BCUT2D eigenvalue weighted by Crippen LogP contribution is -2.32. The first kappa shape index (κ1) is 17.2. The number of benzene rings is 2. The molecule has 27 heavy (non-hydrogen) atoms. The zero-order chi connectivity index (χ0) is 18.8. The van der Waals surface area contributed by atoms with Crippen molar-refractivity contribution in [3.63, 3.8) is 0 Å². The molecule has 1 aliphatic heterocycles. The lowest BCUT2D eigenvalue weighted by atomic mass is 10.1. The molecule has 1 unspecified atom stereocenters. The summed E-state index contributed by atoms with van der Waals surface area (Å²) >= 11 is 5.96. The predicted octanol–water partition coefficient (Wildman–Crippen LogP) is 3.05. The van der Waals surface area contributed by atoms with Gasteiger partial charge in [0.1, 0.15) is 12.6 Å². The average Bonchev–Trinajstić information content (AvgIpc) is 3.23. The number of aromatic nitrogens is 2. The van der Waals surface area contributed by atoms with Crippen molar-refractivity contribution >= 4 is 23.5 Å². The summed E-state index contributed by atoms with van der Waals surface area (Å²) in [5.41, 5.74) is 1.64. The Hall–Kier alpha value is -3.19. The van der Waals surface area contributed by atoms with E-state index in [1.807, 2.05) is 30.3 Å². The van der Waals surface area contributed by atoms with Gasteiger partial charge in [-0.25, -0.2) is 4.79 Å². The number of urea groups is 1. The van der Waals surface area contributed by atoms with Gasteiger partial charge in [0.25, 0.3) is 5.91 Å². The largest absolute Gasteiger partial charge is 0.419 e. The molecule has 0 aliphatic carbocycles. The average molecular weight is 383 g/mol. The molecule has 2 aromatic carbocycles. The molecule has 0 spiro atoms. The Labute approximate surface area is 160 Å². The molecule has 1 fully saturated rings. The minimum atomic E-state index is -0.602. The lowest BCUT2D eigenvalue weighted by molar-refractivity contribution is -0.128. The van der Waals surface area contributed by atoms with Gasteiger partial charge in [-0.3, -0.25) is 9.69 Å². The van der Waals surface area contributed by atoms with Crippen LogP contribution in [-0.2, 0) is 17.8 Å². The van der Waals surface area contributed by atoms with Crippen LogP contribution in [0.2, 0.25) is 5.02 Å². The van der Waals surface area contributed by atoms with Gasteiger partial charge in [-0.2, -0.15) is 0 Å². The molecule has 8 heteroatoms. The molecule has 3 amide bonds. The van der Waals surface area contributed by atoms with E-state index in [4.69, 9.17) is 16.0 Å². The van der Waals surface area contributed by atoms with Crippen molar-refractivity contribution in [3.05, 3.63) is 71.1 Å². The van der Waals surface area contributed by atoms with Crippen molar-refractivity contribution in [1.82, 2.24) is 20.4 Å². The van der Waals surface area contributed by atoms with Gasteiger partial charge in [0.15, 0.2) is 0 Å². The van der Waals surface area contributed by atoms with Crippen LogP contribution in [0, 0.1) is 0 Å². The molecule has 1 N–H and O–H groups in total. The van der Waals surface area contributed by atoms with Gasteiger partial charge < -0.3 is 9.73 Å². The van der Waals surface area contributed by atoms with Crippen LogP contribution in [0.3, 0.4) is 0 Å². The van der Waals surface area contributed by atoms with Gasteiger partial charge in [0.2, 0.25) is 11.8 Å². The molecule has 1 aromatic heterocycles. The van der Waals surface area contributed by atoms with Crippen LogP contribution in [0.1, 0.15) is 11.5 Å². The molecule has 3 aromatic rings. The monoisotopic (exact) mass is 382 g/mol. The first-order chi connectivity index (χ1) is 13.1. The molecule has 1 saturated heterocycles. The van der Waals surface area contributed by atoms with Crippen molar-refractivity contribution in [1.29, 1.82) is 0 Å². The Balaban J connectivity index is 1.46. The number of imide groups is 1. The number of nitrogens with zero attached hydrogens (tertiary/aromatic N) is 3. The van der Waals surface area contributed by atoms with Crippen molar-refractivity contribution in [2.45, 2.75) is 19.0 Å². The Bertz CT molecular complexity index is 989. The van der Waals surface area contributed by atoms with Crippen LogP contribution in [0.4, 0.5) is 4.79 Å². The Kier molecular flexibility index (Phi) is 4.60. The van der Waals surface area contributed by atoms with E-state index in [1.165, 1.54) is 0 Å². The first-order valence-corrected chi connectivity index (χ1v) is 8.72. The highest BCUT2D eigenvalue weighted by molar-refractivity contribution is 6.30.